The molecule has 0 atom stereocenters. The van der Waals surface area contributed by atoms with Crippen LogP contribution in [0.2, 0.25) is 0 Å². The molecule has 7 heteroatoms. The summed E-state index contributed by atoms with van der Waals surface area (Å²) in [7, 11) is 0. The Hall–Kier alpha value is -2.54. The van der Waals surface area contributed by atoms with E-state index in [1.54, 1.807) is 12.3 Å². The topological polar surface area (TPSA) is 84.1 Å². The van der Waals surface area contributed by atoms with Crippen molar-refractivity contribution in [3.05, 3.63) is 48.2 Å². The van der Waals surface area contributed by atoms with Crippen LogP contribution in [-0.2, 0) is 11.3 Å². The predicted octanol–water partition coefficient (Wildman–Crippen LogP) is 2.44. The number of nitrogen functional groups attached to an aromatic ring is 1. The molecule has 6 nitrogen and oxygen atoms in total. The maximum absolute atomic E-state index is 12.9. The summed E-state index contributed by atoms with van der Waals surface area (Å²) in [5, 5.41) is 2.76. The van der Waals surface area contributed by atoms with Gasteiger partial charge in [-0.25, -0.2) is 14.4 Å². The summed E-state index contributed by atoms with van der Waals surface area (Å²) in [4.78, 5) is 22.6. The second-order valence-corrected chi connectivity index (χ2v) is 6.48. The molecule has 1 amide bonds. The predicted molar refractivity (Wildman–Crippen MR) is 91.6 cm³/mol. The van der Waals surface area contributed by atoms with Gasteiger partial charge >= 0.3 is 0 Å². The van der Waals surface area contributed by atoms with Crippen LogP contribution < -0.4 is 11.1 Å². The number of benzene rings is 1. The second-order valence-electron chi connectivity index (χ2n) is 6.48. The van der Waals surface area contributed by atoms with Crippen LogP contribution in [0.5, 0.6) is 0 Å². The van der Waals surface area contributed by atoms with Gasteiger partial charge in [0.1, 0.15) is 17.5 Å². The van der Waals surface area contributed by atoms with Crippen LogP contribution >= 0.6 is 0 Å². The molecule has 0 aliphatic carbocycles. The van der Waals surface area contributed by atoms with E-state index in [-0.39, 0.29) is 23.8 Å². The summed E-state index contributed by atoms with van der Waals surface area (Å²) in [6, 6.07) is 7.27. The van der Waals surface area contributed by atoms with Gasteiger partial charge in [0.05, 0.1) is 13.1 Å². The fourth-order valence-electron chi connectivity index (χ4n) is 2.10. The van der Waals surface area contributed by atoms with Crippen molar-refractivity contribution in [2.45, 2.75) is 32.9 Å². The number of nitrogens with zero attached hydrogens (tertiary/aromatic N) is 3. The lowest BCUT2D eigenvalue weighted by atomic mass is 10.1. The molecule has 2 rings (SSSR count). The van der Waals surface area contributed by atoms with Crippen LogP contribution in [0, 0.1) is 5.82 Å². The molecule has 1 heterocycles. The highest BCUT2D eigenvalue weighted by atomic mass is 19.1. The van der Waals surface area contributed by atoms with E-state index in [4.69, 9.17) is 5.73 Å². The number of nitrogens with two attached hydrogens (primary N) is 1. The molecular weight excluding hydrogens is 309 g/mol. The second kappa shape index (κ2) is 7.35. The van der Waals surface area contributed by atoms with E-state index in [0.29, 0.717) is 23.9 Å². The number of nitrogens with one attached hydrogen (secondary N) is 1. The molecule has 0 fully saturated rings. The molecule has 0 saturated carbocycles. The van der Waals surface area contributed by atoms with Gasteiger partial charge in [0.25, 0.3) is 0 Å². The van der Waals surface area contributed by atoms with Gasteiger partial charge in [0.15, 0.2) is 0 Å². The highest BCUT2D eigenvalue weighted by molar-refractivity contribution is 5.92. The number of halogens is 1. The molecule has 0 unspecified atom stereocenters. The van der Waals surface area contributed by atoms with Crippen molar-refractivity contribution in [3.8, 4) is 0 Å². The van der Waals surface area contributed by atoms with Gasteiger partial charge in [0, 0.05) is 17.4 Å². The molecule has 0 bridgehead atoms. The maximum atomic E-state index is 12.9. The Balaban J connectivity index is 2.05. The molecule has 0 spiro atoms. The zero-order chi connectivity index (χ0) is 17.7. The van der Waals surface area contributed by atoms with Gasteiger partial charge in [-0.2, -0.15) is 0 Å². The van der Waals surface area contributed by atoms with E-state index in [2.05, 4.69) is 15.3 Å². The van der Waals surface area contributed by atoms with Crippen LogP contribution in [0.15, 0.2) is 36.5 Å². The first-order valence-electron chi connectivity index (χ1n) is 7.62. The number of hydrogen-bond acceptors (Lipinski definition) is 5. The molecule has 0 aliphatic heterocycles. The fraction of sp³-hybridized carbons (Fsp3) is 0.353. The van der Waals surface area contributed by atoms with Crippen molar-refractivity contribution < 1.29 is 9.18 Å². The van der Waals surface area contributed by atoms with E-state index in [1.165, 1.54) is 24.3 Å². The smallest absolute Gasteiger partial charge is 0.238 e. The van der Waals surface area contributed by atoms with Gasteiger partial charge < -0.3 is 11.1 Å². The number of amides is 1. The minimum Gasteiger partial charge on any atom is -0.384 e. The monoisotopic (exact) mass is 331 g/mol. The Morgan fingerprint density at radius 1 is 1.25 bits per heavy atom. The average Bonchev–Trinajstić information content (AvgIpc) is 2.48. The van der Waals surface area contributed by atoms with Crippen molar-refractivity contribution in [1.82, 2.24) is 14.9 Å². The van der Waals surface area contributed by atoms with Gasteiger partial charge in [-0.1, -0.05) is 0 Å². The molecule has 3 N–H and O–H groups in total. The number of carbonyl (C=O) groups excluding carboxylic acids is 1. The van der Waals surface area contributed by atoms with Gasteiger partial charge in [0.2, 0.25) is 5.91 Å². The third kappa shape index (κ3) is 5.27. The highest BCUT2D eigenvalue weighted by Crippen LogP contribution is 2.16. The zero-order valence-electron chi connectivity index (χ0n) is 14.1. The Morgan fingerprint density at radius 3 is 2.50 bits per heavy atom. The van der Waals surface area contributed by atoms with Crippen molar-refractivity contribution in [3.63, 3.8) is 0 Å². The van der Waals surface area contributed by atoms with Crippen molar-refractivity contribution in [1.29, 1.82) is 0 Å². The Bertz CT molecular complexity index is 697. The molecule has 2 aromatic rings. The molecule has 1 aromatic heterocycles. The molecule has 0 saturated heterocycles. The normalized spacial score (nSPS) is 11.5. The van der Waals surface area contributed by atoms with Gasteiger partial charge in [-0.15, -0.1) is 0 Å². The quantitative estimate of drug-likeness (QED) is 0.879. The lowest BCUT2D eigenvalue weighted by molar-refractivity contribution is -0.118. The van der Waals surface area contributed by atoms with Crippen LogP contribution in [0.1, 0.15) is 26.6 Å². The van der Waals surface area contributed by atoms with E-state index < -0.39 is 0 Å². The molecule has 0 aliphatic rings. The van der Waals surface area contributed by atoms with Crippen LogP contribution in [0.3, 0.4) is 0 Å². The van der Waals surface area contributed by atoms with Crippen molar-refractivity contribution >= 4 is 17.4 Å². The maximum Gasteiger partial charge on any atom is 0.238 e. The summed E-state index contributed by atoms with van der Waals surface area (Å²) < 4.78 is 12.9. The molecule has 128 valence electrons. The standard InChI is InChI=1S/C17H22FN5O/c1-17(2,3)23(10-15-20-9-8-14(19)22-15)11-16(24)21-13-6-4-12(18)5-7-13/h4-9H,10-11H2,1-3H3,(H,21,24)(H2,19,20,22). The van der Waals surface area contributed by atoms with Crippen LogP contribution in [0.4, 0.5) is 15.9 Å². The minimum absolute atomic E-state index is 0.152. The van der Waals surface area contributed by atoms with E-state index >= 15 is 0 Å². The number of hydrogen-bond donors (Lipinski definition) is 2. The van der Waals surface area contributed by atoms with E-state index in [9.17, 15) is 9.18 Å². The average molecular weight is 331 g/mol. The number of anilines is 2. The molecule has 1 aromatic carbocycles. The number of rotatable bonds is 5. The van der Waals surface area contributed by atoms with E-state index in [0.717, 1.165) is 0 Å². The van der Waals surface area contributed by atoms with Crippen molar-refractivity contribution in [2.24, 2.45) is 0 Å². The first kappa shape index (κ1) is 17.8. The van der Waals surface area contributed by atoms with E-state index in [1.807, 2.05) is 25.7 Å². The van der Waals surface area contributed by atoms with Crippen LogP contribution in [0.25, 0.3) is 0 Å². The lowest BCUT2D eigenvalue weighted by Crippen LogP contribution is -2.45. The summed E-state index contributed by atoms with van der Waals surface area (Å²) in [6.45, 7) is 6.56. The minimum atomic E-state index is -0.344. The highest BCUT2D eigenvalue weighted by Gasteiger charge is 2.24. The first-order chi connectivity index (χ1) is 11.2. The van der Waals surface area contributed by atoms with Gasteiger partial charge in [-0.3, -0.25) is 9.69 Å². The summed E-state index contributed by atoms with van der Waals surface area (Å²) in [6.07, 6.45) is 1.59. The summed E-state index contributed by atoms with van der Waals surface area (Å²) in [5.74, 6) is 0.410. The SMILES string of the molecule is CC(C)(C)N(CC(=O)Nc1ccc(F)cc1)Cc1nccc(N)n1. The molecular formula is C17H22FN5O. The lowest BCUT2D eigenvalue weighted by Gasteiger charge is -2.34. The Morgan fingerprint density at radius 2 is 1.92 bits per heavy atom. The zero-order valence-corrected chi connectivity index (χ0v) is 14.1. The van der Waals surface area contributed by atoms with Crippen LogP contribution in [-0.4, -0.2) is 32.9 Å². The van der Waals surface area contributed by atoms with Crippen molar-refractivity contribution in [2.75, 3.05) is 17.6 Å². The summed E-state index contributed by atoms with van der Waals surface area (Å²) >= 11 is 0. The Labute approximate surface area is 140 Å². The number of carbonyl (C=O) groups is 1. The molecule has 0 radical (unpaired) electrons. The third-order valence-electron chi connectivity index (χ3n) is 3.47. The number of aromatic nitrogens is 2. The third-order valence-corrected chi connectivity index (χ3v) is 3.47. The fourth-order valence-corrected chi connectivity index (χ4v) is 2.10. The largest absolute Gasteiger partial charge is 0.384 e. The Kier molecular flexibility index (Phi) is 5.46. The summed E-state index contributed by atoms with van der Waals surface area (Å²) in [5.41, 5.74) is 5.96. The molecule has 24 heavy (non-hydrogen) atoms. The van der Waals surface area contributed by atoms with Gasteiger partial charge in [-0.05, 0) is 51.1 Å². The first-order valence-corrected chi connectivity index (χ1v) is 7.62.